The van der Waals surface area contributed by atoms with Crippen LogP contribution in [0.5, 0.6) is 0 Å². The number of hydrogen-bond acceptors (Lipinski definition) is 7. The predicted octanol–water partition coefficient (Wildman–Crippen LogP) is 4.84. The first kappa shape index (κ1) is 23.2. The Kier molecular flexibility index (Phi) is 6.64. The fraction of sp³-hybridized carbons (Fsp3) is 0.348. The van der Waals surface area contributed by atoms with Crippen molar-refractivity contribution in [2.45, 2.75) is 44.8 Å². The number of amides is 1. The lowest BCUT2D eigenvalue weighted by Gasteiger charge is -2.28. The molecule has 4 heterocycles. The molecule has 1 fully saturated rings. The van der Waals surface area contributed by atoms with Crippen LogP contribution in [0, 0.1) is 11.6 Å². The van der Waals surface area contributed by atoms with Gasteiger partial charge in [0, 0.05) is 36.1 Å². The number of aromatic amines is 1. The lowest BCUT2D eigenvalue weighted by atomic mass is 9.93. The van der Waals surface area contributed by atoms with Crippen molar-refractivity contribution in [2.75, 3.05) is 11.9 Å². The molecule has 4 aromatic heterocycles. The number of nitrogens with zero attached hydrogens (tertiary/aromatic N) is 5. The highest BCUT2D eigenvalue weighted by molar-refractivity contribution is 7.13. The molecular weight excluding hydrogens is 476 g/mol. The normalized spacial score (nSPS) is 18.0. The summed E-state index contributed by atoms with van der Waals surface area (Å²) in [6, 6.07) is 0.982. The van der Waals surface area contributed by atoms with Crippen LogP contribution in [0.3, 0.4) is 0 Å². The van der Waals surface area contributed by atoms with Gasteiger partial charge in [-0.25, -0.2) is 13.8 Å². The first-order chi connectivity index (χ1) is 17.0. The number of H-pyrrole nitrogens is 1. The third-order valence-corrected chi connectivity index (χ3v) is 6.84. The number of rotatable bonds is 7. The van der Waals surface area contributed by atoms with E-state index in [2.05, 4.69) is 30.6 Å². The number of thiazole rings is 1. The van der Waals surface area contributed by atoms with E-state index in [1.54, 1.807) is 28.7 Å². The van der Waals surface area contributed by atoms with Crippen molar-refractivity contribution in [3.05, 3.63) is 53.6 Å². The molecule has 5 rings (SSSR count). The van der Waals surface area contributed by atoms with Crippen LogP contribution in [0.4, 0.5) is 14.5 Å². The maximum atomic E-state index is 14.6. The zero-order chi connectivity index (χ0) is 24.4. The molecule has 12 heteroatoms. The number of halogens is 2. The summed E-state index contributed by atoms with van der Waals surface area (Å²) in [7, 11) is 0. The van der Waals surface area contributed by atoms with E-state index in [0.29, 0.717) is 11.6 Å². The maximum Gasteiger partial charge on any atom is 0.275 e. The van der Waals surface area contributed by atoms with E-state index in [4.69, 9.17) is 4.74 Å². The van der Waals surface area contributed by atoms with Gasteiger partial charge in [-0.3, -0.25) is 19.6 Å². The predicted molar refractivity (Wildman–Crippen MR) is 126 cm³/mol. The van der Waals surface area contributed by atoms with E-state index >= 15 is 0 Å². The van der Waals surface area contributed by atoms with Gasteiger partial charge in [0.1, 0.15) is 22.1 Å². The molecule has 0 saturated heterocycles. The molecular formula is C23H23F2N7O2S. The number of pyridine rings is 1. The molecule has 0 aromatic carbocycles. The molecule has 182 valence electrons. The number of nitrogens with one attached hydrogen (secondary N) is 2. The summed E-state index contributed by atoms with van der Waals surface area (Å²) >= 11 is 1.30. The van der Waals surface area contributed by atoms with Crippen LogP contribution in [0.15, 0.2) is 36.2 Å². The second kappa shape index (κ2) is 10.0. The lowest BCUT2D eigenvalue weighted by molar-refractivity contribution is 0.0260. The summed E-state index contributed by atoms with van der Waals surface area (Å²) < 4.78 is 36.0. The molecule has 35 heavy (non-hydrogen) atoms. The van der Waals surface area contributed by atoms with Gasteiger partial charge in [-0.1, -0.05) is 0 Å². The van der Waals surface area contributed by atoms with Crippen LogP contribution in [-0.4, -0.2) is 48.6 Å². The molecule has 1 amide bonds. The topological polar surface area (TPSA) is 111 Å². The van der Waals surface area contributed by atoms with Gasteiger partial charge in [0.25, 0.3) is 5.91 Å². The molecule has 4 aromatic rings. The van der Waals surface area contributed by atoms with Crippen molar-refractivity contribution < 1.29 is 18.3 Å². The maximum absolute atomic E-state index is 14.6. The minimum atomic E-state index is -1.12. The summed E-state index contributed by atoms with van der Waals surface area (Å²) in [5, 5.41) is 16.1. The molecule has 1 aliphatic carbocycles. The molecule has 0 atom stereocenters. The van der Waals surface area contributed by atoms with Crippen molar-refractivity contribution >= 4 is 22.9 Å². The van der Waals surface area contributed by atoms with Gasteiger partial charge >= 0.3 is 0 Å². The standard InChI is InChI=1S/C23H23F2N7O2S/c1-2-34-15-5-3-14(4-6-15)32-11-17(20(31-32)21-19(25)16(24)7-8-26-21)29-22(33)18-12-35-23(30-18)13-9-27-28-10-13/h7-12,14-15H,2-6H2,1H3,(H,27,28)(H,29,33). The molecule has 0 bridgehead atoms. The van der Waals surface area contributed by atoms with Gasteiger partial charge in [-0.15, -0.1) is 11.3 Å². The van der Waals surface area contributed by atoms with Gasteiger partial charge in [0.05, 0.1) is 24.0 Å². The summed E-state index contributed by atoms with van der Waals surface area (Å²) in [6.07, 6.45) is 9.70. The Hall–Kier alpha value is -3.51. The van der Waals surface area contributed by atoms with Gasteiger partial charge in [0.2, 0.25) is 0 Å². The quantitative estimate of drug-likeness (QED) is 0.376. The van der Waals surface area contributed by atoms with Crippen LogP contribution >= 0.6 is 11.3 Å². The fourth-order valence-electron chi connectivity index (χ4n) is 4.21. The van der Waals surface area contributed by atoms with E-state index in [9.17, 15) is 13.6 Å². The third-order valence-electron chi connectivity index (χ3n) is 5.95. The Labute approximate surface area is 203 Å². The highest BCUT2D eigenvalue weighted by Crippen LogP contribution is 2.34. The number of anilines is 1. The number of carbonyl (C=O) groups excluding carboxylic acids is 1. The summed E-state index contributed by atoms with van der Waals surface area (Å²) in [6.45, 7) is 2.64. The van der Waals surface area contributed by atoms with E-state index in [1.807, 2.05) is 6.92 Å². The largest absolute Gasteiger partial charge is 0.379 e. The highest BCUT2D eigenvalue weighted by Gasteiger charge is 2.27. The zero-order valence-corrected chi connectivity index (χ0v) is 19.7. The molecule has 2 N–H and O–H groups in total. The second-order valence-corrected chi connectivity index (χ2v) is 9.05. The van der Waals surface area contributed by atoms with Crippen molar-refractivity contribution in [2.24, 2.45) is 0 Å². The van der Waals surface area contributed by atoms with Gasteiger partial charge in [0.15, 0.2) is 11.6 Å². The summed E-state index contributed by atoms with van der Waals surface area (Å²) in [4.78, 5) is 21.4. The average Bonchev–Trinajstić information content (AvgIpc) is 3.62. The van der Waals surface area contributed by atoms with Gasteiger partial charge in [-0.2, -0.15) is 10.2 Å². The summed E-state index contributed by atoms with van der Waals surface area (Å²) in [5.74, 6) is -2.65. The Morgan fingerprint density at radius 3 is 2.86 bits per heavy atom. The van der Waals surface area contributed by atoms with Gasteiger partial charge in [-0.05, 0) is 38.7 Å². The highest BCUT2D eigenvalue weighted by atomic mass is 32.1. The molecule has 1 aliphatic rings. The third kappa shape index (κ3) is 4.84. The molecule has 1 saturated carbocycles. The number of carbonyl (C=O) groups is 1. The van der Waals surface area contributed by atoms with E-state index < -0.39 is 17.5 Å². The average molecular weight is 500 g/mol. The zero-order valence-electron chi connectivity index (χ0n) is 18.9. The second-order valence-electron chi connectivity index (χ2n) is 8.19. The van der Waals surface area contributed by atoms with E-state index in [0.717, 1.165) is 37.3 Å². The Morgan fingerprint density at radius 1 is 1.29 bits per heavy atom. The molecule has 0 spiro atoms. The first-order valence-electron chi connectivity index (χ1n) is 11.3. The number of ether oxygens (including phenoxy) is 1. The minimum absolute atomic E-state index is 0.0414. The smallest absolute Gasteiger partial charge is 0.275 e. The van der Waals surface area contributed by atoms with Crippen LogP contribution in [0.1, 0.15) is 49.1 Å². The molecule has 0 unspecified atom stereocenters. The summed E-state index contributed by atoms with van der Waals surface area (Å²) in [5.41, 5.74) is 0.981. The molecule has 9 nitrogen and oxygen atoms in total. The minimum Gasteiger partial charge on any atom is -0.379 e. The van der Waals surface area contributed by atoms with Crippen LogP contribution in [0.2, 0.25) is 0 Å². The fourth-order valence-corrected chi connectivity index (χ4v) is 4.99. The van der Waals surface area contributed by atoms with E-state index in [-0.39, 0.29) is 34.9 Å². The Balaban J connectivity index is 1.43. The monoisotopic (exact) mass is 499 g/mol. The van der Waals surface area contributed by atoms with Crippen molar-refractivity contribution in [1.82, 2.24) is 29.9 Å². The Bertz CT molecular complexity index is 1310. The van der Waals surface area contributed by atoms with Crippen molar-refractivity contribution in [3.63, 3.8) is 0 Å². The van der Waals surface area contributed by atoms with Gasteiger partial charge < -0.3 is 10.1 Å². The number of hydrogen-bond donors (Lipinski definition) is 2. The van der Waals surface area contributed by atoms with Crippen molar-refractivity contribution in [3.8, 4) is 22.0 Å². The van der Waals surface area contributed by atoms with Crippen molar-refractivity contribution in [1.29, 1.82) is 0 Å². The molecule has 0 radical (unpaired) electrons. The number of aromatic nitrogens is 6. The van der Waals surface area contributed by atoms with Crippen LogP contribution < -0.4 is 5.32 Å². The first-order valence-corrected chi connectivity index (χ1v) is 12.2. The van der Waals surface area contributed by atoms with Crippen LogP contribution in [0.25, 0.3) is 22.0 Å². The van der Waals surface area contributed by atoms with E-state index in [1.165, 1.54) is 17.5 Å². The molecule has 0 aliphatic heterocycles. The lowest BCUT2D eigenvalue weighted by Crippen LogP contribution is -2.24. The SMILES string of the molecule is CCOC1CCC(n2cc(NC(=O)c3csc(-c4cn[nH]c4)n3)c(-c3nccc(F)c3F)n2)CC1. The van der Waals surface area contributed by atoms with Crippen LogP contribution in [-0.2, 0) is 4.74 Å². The Morgan fingerprint density at radius 2 is 2.11 bits per heavy atom.